The molecule has 108 valence electrons. The Morgan fingerprint density at radius 3 is 2.74 bits per heavy atom. The minimum Gasteiger partial charge on any atom is -0.458 e. The van der Waals surface area contributed by atoms with Gasteiger partial charge in [-0.3, -0.25) is 4.79 Å². The van der Waals surface area contributed by atoms with Gasteiger partial charge in [-0.15, -0.1) is 0 Å². The maximum Gasteiger partial charge on any atom is 0.367 e. The van der Waals surface area contributed by atoms with Crippen LogP contribution in [0.4, 0.5) is 4.79 Å². The number of carbonyl (C=O) groups excluding carboxylic acids is 3. The number of carbonyl (C=O) groups is 3. The van der Waals surface area contributed by atoms with Crippen LogP contribution < -0.4 is 5.32 Å². The van der Waals surface area contributed by atoms with Crippen molar-refractivity contribution in [3.05, 3.63) is 0 Å². The Morgan fingerprint density at radius 1 is 1.42 bits per heavy atom. The Hall–Kier alpha value is -1.08. The summed E-state index contributed by atoms with van der Waals surface area (Å²) in [7, 11) is 0. The molecule has 1 heterocycles. The summed E-state index contributed by atoms with van der Waals surface area (Å²) >= 11 is 0.923. The van der Waals surface area contributed by atoms with E-state index in [2.05, 4.69) is 5.32 Å². The second kappa shape index (κ2) is 8.16. The van der Waals surface area contributed by atoms with Gasteiger partial charge in [0.15, 0.2) is 0 Å². The fourth-order valence-electron chi connectivity index (χ4n) is 1.70. The number of esters is 2. The average molecular weight is 289 g/mol. The van der Waals surface area contributed by atoms with Gasteiger partial charge in [-0.25, -0.2) is 9.59 Å². The fraction of sp³-hybridized carbons (Fsp3) is 0.750. The van der Waals surface area contributed by atoms with E-state index in [1.54, 1.807) is 13.8 Å². The molecule has 0 aromatic rings. The highest BCUT2D eigenvalue weighted by atomic mass is 32.2. The highest BCUT2D eigenvalue weighted by Gasteiger charge is 2.26. The number of ether oxygens (including phenoxy) is 2. The second-order valence-corrected chi connectivity index (χ2v) is 5.63. The number of hydrogen-bond acceptors (Lipinski definition) is 7. The van der Waals surface area contributed by atoms with Gasteiger partial charge in [0, 0.05) is 5.25 Å². The number of rotatable bonds is 5. The Kier molecular flexibility index (Phi) is 6.86. The van der Waals surface area contributed by atoms with Crippen molar-refractivity contribution in [2.45, 2.75) is 44.4 Å². The maximum atomic E-state index is 11.6. The topological polar surface area (TPSA) is 81.7 Å². The van der Waals surface area contributed by atoms with E-state index in [1.165, 1.54) is 0 Å². The van der Waals surface area contributed by atoms with Gasteiger partial charge >= 0.3 is 17.2 Å². The molecular weight excluding hydrogens is 270 g/mol. The van der Waals surface area contributed by atoms with Crippen molar-refractivity contribution in [2.24, 2.45) is 0 Å². The van der Waals surface area contributed by atoms with Crippen molar-refractivity contribution in [1.29, 1.82) is 0 Å². The third-order valence-corrected chi connectivity index (χ3v) is 3.45. The molecule has 0 aromatic carbocycles. The largest absolute Gasteiger partial charge is 0.458 e. The average Bonchev–Trinajstić information content (AvgIpc) is 2.81. The van der Waals surface area contributed by atoms with Crippen molar-refractivity contribution in [2.75, 3.05) is 13.2 Å². The van der Waals surface area contributed by atoms with Gasteiger partial charge < -0.3 is 14.8 Å². The van der Waals surface area contributed by atoms with E-state index in [9.17, 15) is 14.4 Å². The minimum absolute atomic E-state index is 0.00193. The molecule has 0 amide bonds. The summed E-state index contributed by atoms with van der Waals surface area (Å²) in [6.45, 7) is 4.49. The molecule has 1 fully saturated rings. The molecule has 0 radical (unpaired) electrons. The Balaban J connectivity index is 2.25. The van der Waals surface area contributed by atoms with Gasteiger partial charge in [0.2, 0.25) is 0 Å². The predicted octanol–water partition coefficient (Wildman–Crippen LogP) is 1.48. The molecule has 2 atom stereocenters. The molecule has 19 heavy (non-hydrogen) atoms. The zero-order valence-electron chi connectivity index (χ0n) is 11.1. The quantitative estimate of drug-likeness (QED) is 0.606. The lowest BCUT2D eigenvalue weighted by atomic mass is 10.2. The second-order valence-electron chi connectivity index (χ2n) is 4.26. The highest BCUT2D eigenvalue weighted by Crippen LogP contribution is 2.17. The summed E-state index contributed by atoms with van der Waals surface area (Å²) in [5, 5.41) is 2.25. The highest BCUT2D eigenvalue weighted by molar-refractivity contribution is 8.13. The standard InChI is InChI=1S/C12H19NO5S/c1-3-17-12(16)19-8(2)7-10(14)18-11(15)9-5-4-6-13-9/h8-9,13H,3-7H2,1-2H3/t8?,9-/m0/s1. The first-order valence-corrected chi connectivity index (χ1v) is 7.22. The van der Waals surface area contributed by atoms with Crippen LogP contribution in [0.1, 0.15) is 33.1 Å². The van der Waals surface area contributed by atoms with E-state index < -0.39 is 17.2 Å². The lowest BCUT2D eigenvalue weighted by Crippen LogP contribution is -2.34. The molecule has 1 rings (SSSR count). The SMILES string of the molecule is CCOC(=O)SC(C)CC(=O)OC(=O)[C@@H]1CCCN1. The zero-order chi connectivity index (χ0) is 14.3. The minimum atomic E-state index is -0.608. The van der Waals surface area contributed by atoms with Crippen molar-refractivity contribution < 1.29 is 23.9 Å². The molecular formula is C12H19NO5S. The maximum absolute atomic E-state index is 11.6. The number of nitrogens with one attached hydrogen (secondary N) is 1. The molecule has 1 aliphatic rings. The first kappa shape index (κ1) is 16.0. The predicted molar refractivity (Wildman–Crippen MR) is 70.8 cm³/mol. The number of hydrogen-bond donors (Lipinski definition) is 1. The van der Waals surface area contributed by atoms with Crippen LogP contribution in [0.2, 0.25) is 0 Å². The van der Waals surface area contributed by atoms with E-state index in [0.29, 0.717) is 13.0 Å². The van der Waals surface area contributed by atoms with Crippen LogP contribution in [0.5, 0.6) is 0 Å². The van der Waals surface area contributed by atoms with Crippen molar-refractivity contribution in [3.8, 4) is 0 Å². The van der Waals surface area contributed by atoms with E-state index in [4.69, 9.17) is 9.47 Å². The fourth-order valence-corrected chi connectivity index (χ4v) is 2.44. The molecule has 0 aliphatic carbocycles. The van der Waals surface area contributed by atoms with Crippen molar-refractivity contribution >= 4 is 29.0 Å². The van der Waals surface area contributed by atoms with Crippen LogP contribution in [0.3, 0.4) is 0 Å². The van der Waals surface area contributed by atoms with Gasteiger partial charge in [-0.1, -0.05) is 6.92 Å². The third kappa shape index (κ3) is 6.07. The molecule has 1 saturated heterocycles. The lowest BCUT2D eigenvalue weighted by Gasteiger charge is -2.11. The molecule has 0 bridgehead atoms. The molecule has 0 saturated carbocycles. The van der Waals surface area contributed by atoms with Crippen molar-refractivity contribution in [1.82, 2.24) is 5.32 Å². The monoisotopic (exact) mass is 289 g/mol. The third-order valence-electron chi connectivity index (χ3n) is 2.57. The summed E-state index contributed by atoms with van der Waals surface area (Å²) in [4.78, 5) is 34.3. The van der Waals surface area contributed by atoms with E-state index in [0.717, 1.165) is 24.7 Å². The molecule has 1 N–H and O–H groups in total. The summed E-state index contributed by atoms with van der Waals surface area (Å²) < 4.78 is 9.49. The molecule has 6 nitrogen and oxygen atoms in total. The Bertz CT molecular complexity index is 341. The van der Waals surface area contributed by atoms with Crippen LogP contribution in [0.15, 0.2) is 0 Å². The van der Waals surface area contributed by atoms with Crippen LogP contribution >= 0.6 is 11.8 Å². The first-order chi connectivity index (χ1) is 9.02. The van der Waals surface area contributed by atoms with Gasteiger partial charge in [0.05, 0.1) is 13.0 Å². The van der Waals surface area contributed by atoms with Gasteiger partial charge in [0.25, 0.3) is 0 Å². The number of thioether (sulfide) groups is 1. The van der Waals surface area contributed by atoms with Gasteiger partial charge in [-0.05, 0) is 38.1 Å². The molecule has 1 aliphatic heterocycles. The summed E-state index contributed by atoms with van der Waals surface area (Å²) in [6, 6.07) is -0.378. The lowest BCUT2D eigenvalue weighted by molar-refractivity contribution is -0.160. The zero-order valence-corrected chi connectivity index (χ0v) is 12.0. The summed E-state index contributed by atoms with van der Waals surface area (Å²) in [6.07, 6.45) is 1.60. The van der Waals surface area contributed by atoms with Gasteiger partial charge in [-0.2, -0.15) is 0 Å². The normalized spacial score (nSPS) is 19.8. The van der Waals surface area contributed by atoms with Crippen LogP contribution in [0, 0.1) is 0 Å². The molecule has 1 unspecified atom stereocenters. The van der Waals surface area contributed by atoms with Gasteiger partial charge in [0.1, 0.15) is 6.04 Å². The molecule has 0 aromatic heterocycles. The Labute approximate surface area is 116 Å². The van der Waals surface area contributed by atoms with E-state index in [-0.39, 0.29) is 17.7 Å². The summed E-state index contributed by atoms with van der Waals surface area (Å²) in [5.74, 6) is -1.14. The van der Waals surface area contributed by atoms with Crippen LogP contribution in [-0.4, -0.2) is 41.7 Å². The first-order valence-electron chi connectivity index (χ1n) is 6.34. The van der Waals surface area contributed by atoms with Crippen LogP contribution in [0.25, 0.3) is 0 Å². The molecule has 0 spiro atoms. The van der Waals surface area contributed by atoms with Crippen molar-refractivity contribution in [3.63, 3.8) is 0 Å². The van der Waals surface area contributed by atoms with E-state index in [1.807, 2.05) is 0 Å². The summed E-state index contributed by atoms with van der Waals surface area (Å²) in [5.41, 5.74) is 0. The molecule has 7 heteroatoms. The van der Waals surface area contributed by atoms with E-state index >= 15 is 0 Å². The smallest absolute Gasteiger partial charge is 0.367 e. The van der Waals surface area contributed by atoms with Crippen LogP contribution in [-0.2, 0) is 19.1 Å². The Morgan fingerprint density at radius 2 is 2.16 bits per heavy atom.